The Labute approximate surface area is 163 Å². The van der Waals surface area contributed by atoms with E-state index in [0.29, 0.717) is 17.7 Å². The molecule has 1 amide bonds. The molecular weight excluding hydrogens is 356 g/mol. The molecule has 0 aliphatic carbocycles. The fraction of sp³-hybridized carbons (Fsp3) is 0.182. The second-order valence-corrected chi connectivity index (χ2v) is 7.31. The number of nitrogens with one attached hydrogen (secondary N) is 1. The van der Waals surface area contributed by atoms with Gasteiger partial charge in [0.05, 0.1) is 0 Å². The Morgan fingerprint density at radius 2 is 1.89 bits per heavy atom. The molecule has 0 unspecified atom stereocenters. The van der Waals surface area contributed by atoms with E-state index in [1.54, 1.807) is 12.3 Å². The normalized spacial score (nSPS) is 11.1. The van der Waals surface area contributed by atoms with E-state index >= 15 is 0 Å². The Balaban J connectivity index is 1.50. The largest absolute Gasteiger partial charge is 0.489 e. The van der Waals surface area contributed by atoms with E-state index in [9.17, 15) is 4.79 Å². The average molecular weight is 378 g/mol. The highest BCUT2D eigenvalue weighted by atomic mass is 32.1. The van der Waals surface area contributed by atoms with Gasteiger partial charge in [-0.15, -0.1) is 11.3 Å². The summed E-state index contributed by atoms with van der Waals surface area (Å²) < 4.78 is 5.83. The lowest BCUT2D eigenvalue weighted by Crippen LogP contribution is -2.06. The Bertz CT molecular complexity index is 883. The van der Waals surface area contributed by atoms with Crippen molar-refractivity contribution in [2.45, 2.75) is 26.4 Å². The van der Waals surface area contributed by atoms with Crippen molar-refractivity contribution >= 4 is 28.5 Å². The zero-order chi connectivity index (χ0) is 19.1. The first-order valence-corrected chi connectivity index (χ1v) is 9.68. The van der Waals surface area contributed by atoms with Gasteiger partial charge < -0.3 is 4.74 Å². The molecule has 1 heterocycles. The van der Waals surface area contributed by atoms with Crippen molar-refractivity contribution in [2.24, 2.45) is 0 Å². The number of rotatable bonds is 7. The molecule has 27 heavy (non-hydrogen) atoms. The van der Waals surface area contributed by atoms with Crippen LogP contribution >= 0.6 is 11.3 Å². The summed E-state index contributed by atoms with van der Waals surface area (Å²) in [4.78, 5) is 15.8. The number of nitrogens with zero attached hydrogens (tertiary/aromatic N) is 1. The summed E-state index contributed by atoms with van der Waals surface area (Å²) >= 11 is 1.39. The van der Waals surface area contributed by atoms with E-state index < -0.39 is 0 Å². The van der Waals surface area contributed by atoms with Gasteiger partial charge in [-0.3, -0.25) is 10.1 Å². The maximum Gasteiger partial charge on any atom is 0.250 e. The first-order chi connectivity index (χ1) is 13.1. The van der Waals surface area contributed by atoms with Crippen molar-refractivity contribution in [3.8, 4) is 5.75 Å². The van der Waals surface area contributed by atoms with Gasteiger partial charge in [-0.05, 0) is 40.8 Å². The number of amides is 1. The molecule has 138 valence electrons. The summed E-state index contributed by atoms with van der Waals surface area (Å²) in [5, 5.41) is 5.12. The minimum Gasteiger partial charge on any atom is -0.489 e. The van der Waals surface area contributed by atoms with Gasteiger partial charge in [-0.25, -0.2) is 4.98 Å². The topological polar surface area (TPSA) is 51.2 Å². The second-order valence-electron chi connectivity index (χ2n) is 6.41. The predicted octanol–water partition coefficient (Wildman–Crippen LogP) is 5.50. The molecule has 0 saturated carbocycles. The number of ether oxygens (including phenoxy) is 1. The molecule has 5 heteroatoms. The van der Waals surface area contributed by atoms with Gasteiger partial charge in [0.2, 0.25) is 5.91 Å². The van der Waals surface area contributed by atoms with E-state index in [1.165, 1.54) is 23.0 Å². The number of carbonyl (C=O) groups excluding carboxylic acids is 1. The number of aromatic nitrogens is 1. The number of thiazole rings is 1. The molecule has 0 aliphatic heterocycles. The van der Waals surface area contributed by atoms with E-state index in [1.807, 2.05) is 29.6 Å². The average Bonchev–Trinajstić information content (AvgIpc) is 3.19. The molecule has 0 spiro atoms. The van der Waals surface area contributed by atoms with E-state index in [-0.39, 0.29) is 5.91 Å². The molecule has 0 aliphatic rings. The SMILES string of the molecule is CC(C)c1ccc(COc2ccc(/C=C/C(=O)Nc3nccs3)cc2)cc1. The van der Waals surface area contributed by atoms with Crippen LogP contribution in [0.1, 0.15) is 36.5 Å². The van der Waals surface area contributed by atoms with Crippen LogP contribution in [0.15, 0.2) is 66.2 Å². The van der Waals surface area contributed by atoms with Gasteiger partial charge in [-0.1, -0.05) is 50.2 Å². The van der Waals surface area contributed by atoms with Gasteiger partial charge in [-0.2, -0.15) is 0 Å². The Kier molecular flexibility index (Phi) is 6.39. The van der Waals surface area contributed by atoms with E-state index in [0.717, 1.165) is 16.9 Å². The third kappa shape index (κ3) is 5.79. The summed E-state index contributed by atoms with van der Waals surface area (Å²) in [7, 11) is 0. The van der Waals surface area contributed by atoms with Gasteiger partial charge in [0.1, 0.15) is 12.4 Å². The Hall–Kier alpha value is -2.92. The van der Waals surface area contributed by atoms with Crippen LogP contribution in [0.4, 0.5) is 5.13 Å². The maximum atomic E-state index is 11.8. The van der Waals surface area contributed by atoms with Gasteiger partial charge >= 0.3 is 0 Å². The zero-order valence-electron chi connectivity index (χ0n) is 15.4. The van der Waals surface area contributed by atoms with Gasteiger partial charge in [0.15, 0.2) is 5.13 Å². The number of benzene rings is 2. The lowest BCUT2D eigenvalue weighted by atomic mass is 10.0. The maximum absolute atomic E-state index is 11.8. The molecule has 0 bridgehead atoms. The predicted molar refractivity (Wildman–Crippen MR) is 111 cm³/mol. The zero-order valence-corrected chi connectivity index (χ0v) is 16.2. The smallest absolute Gasteiger partial charge is 0.250 e. The van der Waals surface area contributed by atoms with Crippen LogP contribution < -0.4 is 10.1 Å². The van der Waals surface area contributed by atoms with Crippen LogP contribution in [0.5, 0.6) is 5.75 Å². The molecule has 1 aromatic heterocycles. The van der Waals surface area contributed by atoms with Crippen LogP contribution in [-0.4, -0.2) is 10.9 Å². The van der Waals surface area contributed by atoms with E-state index in [2.05, 4.69) is 48.4 Å². The molecule has 4 nitrogen and oxygen atoms in total. The summed E-state index contributed by atoms with van der Waals surface area (Å²) in [6.45, 7) is 4.90. The van der Waals surface area contributed by atoms with Crippen LogP contribution in [0.3, 0.4) is 0 Å². The van der Waals surface area contributed by atoms with Crippen molar-refractivity contribution in [3.63, 3.8) is 0 Å². The van der Waals surface area contributed by atoms with Crippen LogP contribution in [0.2, 0.25) is 0 Å². The van der Waals surface area contributed by atoms with Crippen LogP contribution in [0.25, 0.3) is 6.08 Å². The summed E-state index contributed by atoms with van der Waals surface area (Å²) in [5.74, 6) is 1.13. The van der Waals surface area contributed by atoms with E-state index in [4.69, 9.17) is 4.74 Å². The molecule has 2 aromatic carbocycles. The molecule has 3 aromatic rings. The van der Waals surface area contributed by atoms with Crippen molar-refractivity contribution < 1.29 is 9.53 Å². The molecule has 0 saturated heterocycles. The lowest BCUT2D eigenvalue weighted by Gasteiger charge is -2.09. The minimum absolute atomic E-state index is 0.199. The molecule has 0 atom stereocenters. The highest BCUT2D eigenvalue weighted by molar-refractivity contribution is 7.13. The quantitative estimate of drug-likeness (QED) is 0.553. The monoisotopic (exact) mass is 378 g/mol. The van der Waals surface area contributed by atoms with Crippen molar-refractivity contribution in [1.82, 2.24) is 4.98 Å². The van der Waals surface area contributed by atoms with Crippen molar-refractivity contribution in [3.05, 3.63) is 82.9 Å². The Morgan fingerprint density at radius 1 is 1.15 bits per heavy atom. The number of anilines is 1. The van der Waals surface area contributed by atoms with Crippen LogP contribution in [-0.2, 0) is 11.4 Å². The van der Waals surface area contributed by atoms with Gasteiger partial charge in [0.25, 0.3) is 0 Å². The molecular formula is C22H22N2O2S. The fourth-order valence-corrected chi connectivity index (χ4v) is 2.98. The first-order valence-electron chi connectivity index (χ1n) is 8.80. The molecule has 3 rings (SSSR count). The first kappa shape index (κ1) is 18.9. The van der Waals surface area contributed by atoms with Crippen molar-refractivity contribution in [1.29, 1.82) is 0 Å². The highest BCUT2D eigenvalue weighted by Gasteiger charge is 2.01. The standard InChI is InChI=1S/C22H22N2O2S/c1-16(2)19-8-3-18(4-9-19)15-26-20-10-5-17(6-11-20)7-12-21(25)24-22-23-13-14-27-22/h3-14,16H,15H2,1-2H3,(H,23,24,25)/b12-7+. The number of hydrogen-bond donors (Lipinski definition) is 1. The van der Waals surface area contributed by atoms with Crippen molar-refractivity contribution in [2.75, 3.05) is 5.32 Å². The molecule has 0 fully saturated rings. The third-order valence-corrected chi connectivity index (χ3v) is 4.71. The highest BCUT2D eigenvalue weighted by Crippen LogP contribution is 2.18. The number of hydrogen-bond acceptors (Lipinski definition) is 4. The van der Waals surface area contributed by atoms with Crippen LogP contribution in [0, 0.1) is 0 Å². The number of carbonyl (C=O) groups is 1. The second kappa shape index (κ2) is 9.14. The Morgan fingerprint density at radius 3 is 2.52 bits per heavy atom. The summed E-state index contributed by atoms with van der Waals surface area (Å²) in [6, 6.07) is 16.2. The fourth-order valence-electron chi connectivity index (χ4n) is 2.44. The summed E-state index contributed by atoms with van der Waals surface area (Å²) in [6.07, 6.45) is 4.91. The third-order valence-electron chi connectivity index (χ3n) is 4.02. The van der Waals surface area contributed by atoms with Gasteiger partial charge in [0, 0.05) is 17.7 Å². The lowest BCUT2D eigenvalue weighted by molar-refractivity contribution is -0.111. The summed E-state index contributed by atoms with van der Waals surface area (Å²) in [5.41, 5.74) is 3.40. The molecule has 0 radical (unpaired) electrons. The minimum atomic E-state index is -0.199. The molecule has 1 N–H and O–H groups in total.